The monoisotopic (exact) mass is 332 g/mol. The van der Waals surface area contributed by atoms with Gasteiger partial charge in [0.15, 0.2) is 0 Å². The summed E-state index contributed by atoms with van der Waals surface area (Å²) in [6, 6.07) is 7.10. The number of carbonyl (C=O) groups excluding carboxylic acids is 2. The van der Waals surface area contributed by atoms with Gasteiger partial charge in [0.05, 0.1) is 5.92 Å². The van der Waals surface area contributed by atoms with Gasteiger partial charge >= 0.3 is 0 Å². The van der Waals surface area contributed by atoms with Crippen LogP contribution in [0.4, 0.5) is 5.69 Å². The van der Waals surface area contributed by atoms with Crippen LogP contribution >= 0.6 is 0 Å². The molecule has 6 nitrogen and oxygen atoms in total. The molecule has 1 aliphatic rings. The summed E-state index contributed by atoms with van der Waals surface area (Å²) in [6.07, 6.45) is 0.858. The Morgan fingerprint density at radius 2 is 2.08 bits per heavy atom. The van der Waals surface area contributed by atoms with Crippen molar-refractivity contribution in [2.45, 2.75) is 20.3 Å². The molecule has 1 fully saturated rings. The average molecular weight is 332 g/mol. The van der Waals surface area contributed by atoms with Crippen LogP contribution in [0, 0.1) is 5.92 Å². The molecule has 6 heteroatoms. The molecule has 0 aliphatic carbocycles. The van der Waals surface area contributed by atoms with Gasteiger partial charge in [-0.15, -0.1) is 0 Å². The molecule has 1 heterocycles. The third-order valence-corrected chi connectivity index (χ3v) is 4.43. The summed E-state index contributed by atoms with van der Waals surface area (Å²) >= 11 is 0. The van der Waals surface area contributed by atoms with Gasteiger partial charge in [0.25, 0.3) is 5.91 Å². The van der Waals surface area contributed by atoms with E-state index in [1.807, 2.05) is 6.07 Å². The number of hydrogen-bond acceptors (Lipinski definition) is 4. The predicted octanol–water partition coefficient (Wildman–Crippen LogP) is 1.31. The SMILES string of the molecule is CCN(CC)CCNC(=O)c1cccc(NC(=O)C2CCNC2)c1. The third kappa shape index (κ3) is 5.32. The molecule has 0 saturated carbocycles. The predicted molar refractivity (Wildman–Crippen MR) is 96.2 cm³/mol. The Bertz CT molecular complexity index is 552. The minimum Gasteiger partial charge on any atom is -0.351 e. The van der Waals surface area contributed by atoms with Crippen LogP contribution in [0.2, 0.25) is 0 Å². The van der Waals surface area contributed by atoms with Gasteiger partial charge in [0.2, 0.25) is 5.91 Å². The van der Waals surface area contributed by atoms with E-state index in [-0.39, 0.29) is 17.7 Å². The van der Waals surface area contributed by atoms with Gasteiger partial charge in [-0.05, 0) is 44.3 Å². The molecular weight excluding hydrogens is 304 g/mol. The fourth-order valence-electron chi connectivity index (χ4n) is 2.83. The number of carbonyl (C=O) groups is 2. The van der Waals surface area contributed by atoms with Crippen molar-refractivity contribution in [1.82, 2.24) is 15.5 Å². The molecule has 24 heavy (non-hydrogen) atoms. The highest BCUT2D eigenvalue weighted by atomic mass is 16.2. The third-order valence-electron chi connectivity index (χ3n) is 4.43. The molecule has 0 spiro atoms. The van der Waals surface area contributed by atoms with Crippen molar-refractivity contribution in [3.05, 3.63) is 29.8 Å². The quantitative estimate of drug-likeness (QED) is 0.671. The number of benzene rings is 1. The molecular formula is C18H28N4O2. The molecule has 1 saturated heterocycles. The van der Waals surface area contributed by atoms with Crippen molar-refractivity contribution in [1.29, 1.82) is 0 Å². The minimum atomic E-state index is -0.110. The van der Waals surface area contributed by atoms with Crippen molar-refractivity contribution in [2.24, 2.45) is 5.92 Å². The molecule has 2 rings (SSSR count). The summed E-state index contributed by atoms with van der Waals surface area (Å²) in [5.74, 6) is -0.0866. The van der Waals surface area contributed by atoms with Gasteiger partial charge in [-0.25, -0.2) is 0 Å². The lowest BCUT2D eigenvalue weighted by Gasteiger charge is -2.18. The molecule has 0 bridgehead atoms. The molecule has 132 valence electrons. The largest absolute Gasteiger partial charge is 0.351 e. The van der Waals surface area contributed by atoms with E-state index in [0.717, 1.165) is 39.1 Å². The van der Waals surface area contributed by atoms with Crippen molar-refractivity contribution >= 4 is 17.5 Å². The topological polar surface area (TPSA) is 73.5 Å². The minimum absolute atomic E-state index is 0.0107. The summed E-state index contributed by atoms with van der Waals surface area (Å²) in [7, 11) is 0. The van der Waals surface area contributed by atoms with Gasteiger partial charge in [0, 0.05) is 30.9 Å². The smallest absolute Gasteiger partial charge is 0.251 e. The first-order valence-electron chi connectivity index (χ1n) is 8.76. The van der Waals surface area contributed by atoms with Crippen LogP contribution < -0.4 is 16.0 Å². The van der Waals surface area contributed by atoms with Crippen LogP contribution in [0.1, 0.15) is 30.6 Å². The van der Waals surface area contributed by atoms with Crippen molar-refractivity contribution < 1.29 is 9.59 Å². The molecule has 1 aromatic rings. The Kier molecular flexibility index (Phi) is 7.21. The summed E-state index contributed by atoms with van der Waals surface area (Å²) in [4.78, 5) is 26.7. The second kappa shape index (κ2) is 9.39. The van der Waals surface area contributed by atoms with Gasteiger partial charge in [-0.1, -0.05) is 19.9 Å². The fourth-order valence-corrected chi connectivity index (χ4v) is 2.83. The molecule has 0 radical (unpaired) electrons. The highest BCUT2D eigenvalue weighted by molar-refractivity contribution is 5.97. The first-order valence-corrected chi connectivity index (χ1v) is 8.76. The standard InChI is InChI=1S/C18H28N4O2/c1-3-22(4-2)11-10-20-17(23)14-6-5-7-16(12-14)21-18(24)15-8-9-19-13-15/h5-7,12,15,19H,3-4,8-11,13H2,1-2H3,(H,20,23)(H,21,24). The lowest BCUT2D eigenvalue weighted by molar-refractivity contribution is -0.119. The second-order valence-electron chi connectivity index (χ2n) is 6.04. The number of rotatable bonds is 8. The fraction of sp³-hybridized carbons (Fsp3) is 0.556. The molecule has 1 aromatic carbocycles. The summed E-state index contributed by atoms with van der Waals surface area (Å²) in [6.45, 7) is 9.22. The maximum atomic E-state index is 12.2. The van der Waals surface area contributed by atoms with E-state index in [1.54, 1.807) is 18.2 Å². The Morgan fingerprint density at radius 1 is 1.29 bits per heavy atom. The average Bonchev–Trinajstić information content (AvgIpc) is 3.13. The van der Waals surface area contributed by atoms with Crippen LogP contribution in [-0.2, 0) is 4.79 Å². The van der Waals surface area contributed by atoms with E-state index in [9.17, 15) is 9.59 Å². The summed E-state index contributed by atoms with van der Waals surface area (Å²) < 4.78 is 0. The van der Waals surface area contributed by atoms with Crippen molar-refractivity contribution in [3.63, 3.8) is 0 Å². The Hall–Kier alpha value is -1.92. The van der Waals surface area contributed by atoms with Gasteiger partial charge in [0.1, 0.15) is 0 Å². The number of anilines is 1. The van der Waals surface area contributed by atoms with E-state index in [1.165, 1.54) is 0 Å². The Labute approximate surface area is 144 Å². The zero-order valence-electron chi connectivity index (χ0n) is 14.6. The Morgan fingerprint density at radius 3 is 2.75 bits per heavy atom. The molecule has 0 aromatic heterocycles. The number of hydrogen-bond donors (Lipinski definition) is 3. The lowest BCUT2D eigenvalue weighted by Crippen LogP contribution is -2.34. The van der Waals surface area contributed by atoms with E-state index in [2.05, 4.69) is 34.7 Å². The number of nitrogens with one attached hydrogen (secondary N) is 3. The van der Waals surface area contributed by atoms with E-state index >= 15 is 0 Å². The molecule has 1 atom stereocenters. The highest BCUT2D eigenvalue weighted by Gasteiger charge is 2.22. The van der Waals surface area contributed by atoms with Crippen LogP contribution in [-0.4, -0.2) is 56.0 Å². The van der Waals surface area contributed by atoms with E-state index < -0.39 is 0 Å². The number of amides is 2. The maximum absolute atomic E-state index is 12.2. The molecule has 1 unspecified atom stereocenters. The molecule has 1 aliphatic heterocycles. The number of likely N-dealkylation sites (N-methyl/N-ethyl adjacent to an activating group) is 1. The normalized spacial score (nSPS) is 17.0. The van der Waals surface area contributed by atoms with Crippen molar-refractivity contribution in [3.8, 4) is 0 Å². The Balaban J connectivity index is 1.86. The summed E-state index contributed by atoms with van der Waals surface area (Å²) in [5, 5.41) is 9.02. The van der Waals surface area contributed by atoms with Crippen molar-refractivity contribution in [2.75, 3.05) is 44.6 Å². The second-order valence-corrected chi connectivity index (χ2v) is 6.04. The van der Waals surface area contributed by atoms with Gasteiger partial charge < -0.3 is 20.9 Å². The molecule has 2 amide bonds. The van der Waals surface area contributed by atoms with Crippen LogP contribution in [0.25, 0.3) is 0 Å². The first kappa shape index (κ1) is 18.4. The maximum Gasteiger partial charge on any atom is 0.251 e. The van der Waals surface area contributed by atoms with Gasteiger partial charge in [-0.2, -0.15) is 0 Å². The van der Waals surface area contributed by atoms with Crippen LogP contribution in [0.15, 0.2) is 24.3 Å². The molecule has 3 N–H and O–H groups in total. The van der Waals surface area contributed by atoms with Crippen LogP contribution in [0.3, 0.4) is 0 Å². The number of nitrogens with zero attached hydrogens (tertiary/aromatic N) is 1. The van der Waals surface area contributed by atoms with Crippen LogP contribution in [0.5, 0.6) is 0 Å². The first-order chi connectivity index (χ1) is 11.6. The van der Waals surface area contributed by atoms with E-state index in [0.29, 0.717) is 17.8 Å². The lowest BCUT2D eigenvalue weighted by atomic mass is 10.1. The zero-order valence-corrected chi connectivity index (χ0v) is 14.6. The highest BCUT2D eigenvalue weighted by Crippen LogP contribution is 2.14. The zero-order chi connectivity index (χ0) is 17.4. The van der Waals surface area contributed by atoms with Gasteiger partial charge in [-0.3, -0.25) is 9.59 Å². The van der Waals surface area contributed by atoms with E-state index in [4.69, 9.17) is 0 Å². The summed E-state index contributed by atoms with van der Waals surface area (Å²) in [5.41, 5.74) is 1.24.